The van der Waals surface area contributed by atoms with Crippen molar-refractivity contribution in [2.24, 2.45) is 23.7 Å². The molecule has 0 aliphatic heterocycles. The highest BCUT2D eigenvalue weighted by Crippen LogP contribution is 2.55. The van der Waals surface area contributed by atoms with Crippen LogP contribution in [0.1, 0.15) is 23.5 Å². The normalized spacial score (nSPS) is 25.6. The molecular formula is C25H24F2N2O5. The summed E-state index contributed by atoms with van der Waals surface area (Å²) >= 11 is 0. The maximum atomic E-state index is 13.4. The number of carboxylic acids is 1. The first-order valence-corrected chi connectivity index (χ1v) is 11.3. The molecule has 0 radical (unpaired) electrons. The number of benzene rings is 2. The lowest BCUT2D eigenvalue weighted by molar-refractivity contribution is -0.141. The van der Waals surface area contributed by atoms with E-state index in [1.54, 1.807) is 0 Å². The molecule has 3 aliphatic rings. The van der Waals surface area contributed by atoms with E-state index in [-0.39, 0.29) is 37.5 Å². The Hall–Kier alpha value is -3.49. The number of carbonyl (C=O) groups excluding carboxylic acids is 2. The van der Waals surface area contributed by atoms with Gasteiger partial charge < -0.3 is 20.5 Å². The number of amides is 2. The van der Waals surface area contributed by atoms with E-state index >= 15 is 0 Å². The molecule has 3 N–H and O–H groups in total. The van der Waals surface area contributed by atoms with Crippen LogP contribution in [0.5, 0.6) is 0 Å². The number of aliphatic carboxylic acids is 1. The molecular weight excluding hydrogens is 446 g/mol. The van der Waals surface area contributed by atoms with Crippen LogP contribution in [-0.4, -0.2) is 48.7 Å². The standard InChI is InChI=1S/C25H24F2N2O5/c26-25(27)20(21(25)23(31)32)11-28-22(30)18-9-13(18)10-29-24(33)34-12-19-16-7-3-1-5-14(16)15-6-2-4-8-17(15)19/h1-8,13,18-21H,9-12H2,(H,28,30)(H,29,33)(H,31,32). The highest BCUT2D eigenvalue weighted by Gasteiger charge is 2.72. The topological polar surface area (TPSA) is 105 Å². The minimum Gasteiger partial charge on any atom is -0.481 e. The van der Waals surface area contributed by atoms with Crippen LogP contribution >= 0.6 is 0 Å². The molecule has 2 saturated carbocycles. The highest BCUT2D eigenvalue weighted by atomic mass is 19.3. The van der Waals surface area contributed by atoms with Crippen LogP contribution in [0.2, 0.25) is 0 Å². The molecule has 9 heteroatoms. The Morgan fingerprint density at radius 1 is 0.971 bits per heavy atom. The molecule has 0 bridgehead atoms. The van der Waals surface area contributed by atoms with Gasteiger partial charge in [-0.3, -0.25) is 9.59 Å². The summed E-state index contributed by atoms with van der Waals surface area (Å²) in [7, 11) is 0. The van der Waals surface area contributed by atoms with Crippen molar-refractivity contribution >= 4 is 18.0 Å². The number of hydrogen-bond acceptors (Lipinski definition) is 4. The van der Waals surface area contributed by atoms with Gasteiger partial charge in [-0.05, 0) is 34.6 Å². The van der Waals surface area contributed by atoms with Crippen LogP contribution in [0.4, 0.5) is 13.6 Å². The first kappa shape index (κ1) is 22.3. The maximum Gasteiger partial charge on any atom is 0.407 e. The van der Waals surface area contributed by atoms with Crippen LogP contribution in [0.15, 0.2) is 48.5 Å². The lowest BCUT2D eigenvalue weighted by Crippen LogP contribution is -2.31. The summed E-state index contributed by atoms with van der Waals surface area (Å²) in [5.41, 5.74) is 4.50. The molecule has 5 rings (SSSR count). The molecule has 2 amide bonds. The third-order valence-corrected chi connectivity index (χ3v) is 7.08. The summed E-state index contributed by atoms with van der Waals surface area (Å²) in [6.07, 6.45) is -0.0475. The van der Waals surface area contributed by atoms with E-state index in [4.69, 9.17) is 9.84 Å². The average Bonchev–Trinajstić information content (AvgIpc) is 3.67. The van der Waals surface area contributed by atoms with Crippen molar-refractivity contribution in [2.45, 2.75) is 18.3 Å². The number of rotatable bonds is 8. The van der Waals surface area contributed by atoms with Crippen LogP contribution in [-0.2, 0) is 14.3 Å². The van der Waals surface area contributed by atoms with E-state index in [0.29, 0.717) is 6.42 Å². The van der Waals surface area contributed by atoms with Gasteiger partial charge in [0.15, 0.2) is 0 Å². The lowest BCUT2D eigenvalue weighted by atomic mass is 9.98. The van der Waals surface area contributed by atoms with Crippen LogP contribution in [0.3, 0.4) is 0 Å². The van der Waals surface area contributed by atoms with Crippen molar-refractivity contribution < 1.29 is 33.0 Å². The minimum atomic E-state index is -3.28. The van der Waals surface area contributed by atoms with Gasteiger partial charge in [-0.15, -0.1) is 0 Å². The molecule has 3 aliphatic carbocycles. The first-order valence-electron chi connectivity index (χ1n) is 11.3. The van der Waals surface area contributed by atoms with Gasteiger partial charge in [0.1, 0.15) is 12.5 Å². The second-order valence-electron chi connectivity index (χ2n) is 9.15. The molecule has 0 saturated heterocycles. The Balaban J connectivity index is 1.06. The Bertz CT molecular complexity index is 1110. The van der Waals surface area contributed by atoms with Crippen molar-refractivity contribution in [1.29, 1.82) is 0 Å². The molecule has 2 aromatic carbocycles. The van der Waals surface area contributed by atoms with Crippen LogP contribution in [0, 0.1) is 23.7 Å². The molecule has 2 aromatic rings. The third-order valence-electron chi connectivity index (χ3n) is 7.08. The van der Waals surface area contributed by atoms with Crippen molar-refractivity contribution in [3.63, 3.8) is 0 Å². The van der Waals surface area contributed by atoms with Crippen molar-refractivity contribution in [3.05, 3.63) is 59.7 Å². The number of nitrogens with one attached hydrogen (secondary N) is 2. The second kappa shape index (κ2) is 8.38. The van der Waals surface area contributed by atoms with Crippen LogP contribution in [0.25, 0.3) is 11.1 Å². The van der Waals surface area contributed by atoms with Gasteiger partial charge in [-0.2, -0.15) is 0 Å². The van der Waals surface area contributed by atoms with E-state index in [1.807, 2.05) is 36.4 Å². The zero-order chi connectivity index (χ0) is 24.0. The minimum absolute atomic E-state index is 0.0484. The quantitative estimate of drug-likeness (QED) is 0.550. The molecule has 4 atom stereocenters. The molecule has 34 heavy (non-hydrogen) atoms. The predicted octanol–water partition coefficient (Wildman–Crippen LogP) is 3.24. The number of fused-ring (bicyclic) bond motifs is 3. The predicted molar refractivity (Wildman–Crippen MR) is 117 cm³/mol. The number of carbonyl (C=O) groups is 3. The zero-order valence-corrected chi connectivity index (χ0v) is 18.2. The van der Waals surface area contributed by atoms with Crippen molar-refractivity contribution in [2.75, 3.05) is 19.7 Å². The fraction of sp³-hybridized carbons (Fsp3) is 0.400. The Morgan fingerprint density at radius 2 is 1.59 bits per heavy atom. The molecule has 4 unspecified atom stereocenters. The van der Waals surface area contributed by atoms with Gasteiger partial charge in [0.25, 0.3) is 5.92 Å². The second-order valence-corrected chi connectivity index (χ2v) is 9.15. The fourth-order valence-electron chi connectivity index (χ4n) is 4.98. The van der Waals surface area contributed by atoms with E-state index in [2.05, 4.69) is 22.8 Å². The van der Waals surface area contributed by atoms with Crippen molar-refractivity contribution in [1.82, 2.24) is 10.6 Å². The number of ether oxygens (including phenoxy) is 1. The third kappa shape index (κ3) is 3.99. The Morgan fingerprint density at radius 3 is 2.18 bits per heavy atom. The number of halogens is 2. The number of alkyl carbamates (subject to hydrolysis) is 1. The lowest BCUT2D eigenvalue weighted by Gasteiger charge is -2.14. The largest absolute Gasteiger partial charge is 0.481 e. The maximum absolute atomic E-state index is 13.4. The van der Waals surface area contributed by atoms with Gasteiger partial charge >= 0.3 is 12.1 Å². The molecule has 178 valence electrons. The number of carboxylic acid groups (broad SMARTS) is 1. The fourth-order valence-corrected chi connectivity index (χ4v) is 4.98. The first-order chi connectivity index (χ1) is 16.3. The summed E-state index contributed by atoms with van der Waals surface area (Å²) in [5, 5.41) is 13.9. The van der Waals surface area contributed by atoms with Gasteiger partial charge in [-0.25, -0.2) is 13.6 Å². The molecule has 2 fully saturated rings. The van der Waals surface area contributed by atoms with E-state index in [1.165, 1.54) is 0 Å². The van der Waals surface area contributed by atoms with Crippen molar-refractivity contribution in [3.8, 4) is 11.1 Å². The smallest absolute Gasteiger partial charge is 0.407 e. The zero-order valence-electron chi connectivity index (χ0n) is 18.2. The summed E-state index contributed by atoms with van der Waals surface area (Å²) in [5.74, 6) is -8.88. The molecule has 7 nitrogen and oxygen atoms in total. The number of alkyl halides is 2. The van der Waals surface area contributed by atoms with Gasteiger partial charge in [-0.1, -0.05) is 48.5 Å². The monoisotopic (exact) mass is 470 g/mol. The van der Waals surface area contributed by atoms with Gasteiger partial charge in [0, 0.05) is 24.9 Å². The average molecular weight is 470 g/mol. The van der Waals surface area contributed by atoms with Gasteiger partial charge in [0.2, 0.25) is 5.91 Å². The Kier molecular flexibility index (Phi) is 5.50. The summed E-state index contributed by atoms with van der Waals surface area (Å²) in [4.78, 5) is 35.2. The molecule has 0 spiro atoms. The van der Waals surface area contributed by atoms with E-state index < -0.39 is 35.7 Å². The van der Waals surface area contributed by atoms with E-state index in [9.17, 15) is 23.2 Å². The molecule has 0 heterocycles. The summed E-state index contributed by atoms with van der Waals surface area (Å²) < 4.78 is 32.3. The molecule has 0 aromatic heterocycles. The van der Waals surface area contributed by atoms with E-state index in [0.717, 1.165) is 22.3 Å². The summed E-state index contributed by atoms with van der Waals surface area (Å²) in [6, 6.07) is 16.1. The highest BCUT2D eigenvalue weighted by molar-refractivity contribution is 5.82. The SMILES string of the molecule is O=C(NCC1CC1C(=O)NCC1C(C(=O)O)C1(F)F)OCC1c2ccccc2-c2ccccc21. The van der Waals surface area contributed by atoms with Crippen LogP contribution < -0.4 is 10.6 Å². The van der Waals surface area contributed by atoms with Gasteiger partial charge in [0.05, 0.1) is 5.92 Å². The Labute approximate surface area is 194 Å². The summed E-state index contributed by atoms with van der Waals surface area (Å²) in [6.45, 7) is 0.0622. The number of hydrogen-bond donors (Lipinski definition) is 3.